The molecule has 0 amide bonds. The molecule has 0 bridgehead atoms. The van der Waals surface area contributed by atoms with Gasteiger partial charge in [-0.25, -0.2) is 0 Å². The summed E-state index contributed by atoms with van der Waals surface area (Å²) in [6.45, 7) is 1.11. The van der Waals surface area contributed by atoms with Crippen LogP contribution in [0.3, 0.4) is 0 Å². The SMILES string of the molecule is Brc1cncc(C/C=C/CCNC2CC2)c1. The lowest BCUT2D eigenvalue weighted by atomic mass is 10.2. The number of halogens is 1. The maximum Gasteiger partial charge on any atom is 0.0410 e. The van der Waals surface area contributed by atoms with Crippen molar-refractivity contribution < 1.29 is 0 Å². The van der Waals surface area contributed by atoms with E-state index >= 15 is 0 Å². The monoisotopic (exact) mass is 280 g/mol. The molecule has 0 spiro atoms. The molecule has 1 fully saturated rings. The van der Waals surface area contributed by atoms with Crippen molar-refractivity contribution in [3.63, 3.8) is 0 Å². The minimum Gasteiger partial charge on any atom is -0.314 e. The van der Waals surface area contributed by atoms with E-state index in [4.69, 9.17) is 0 Å². The van der Waals surface area contributed by atoms with Gasteiger partial charge in [-0.05, 0) is 59.8 Å². The average Bonchev–Trinajstić information content (AvgIpc) is 3.07. The van der Waals surface area contributed by atoms with Gasteiger partial charge in [0.05, 0.1) is 0 Å². The first-order valence-electron chi connectivity index (χ1n) is 5.82. The van der Waals surface area contributed by atoms with Crippen molar-refractivity contribution in [2.24, 2.45) is 0 Å². The second kappa shape index (κ2) is 6.16. The van der Waals surface area contributed by atoms with Crippen molar-refractivity contribution in [1.29, 1.82) is 0 Å². The van der Waals surface area contributed by atoms with E-state index < -0.39 is 0 Å². The number of nitrogens with zero attached hydrogens (tertiary/aromatic N) is 1. The third kappa shape index (κ3) is 4.45. The van der Waals surface area contributed by atoms with E-state index in [2.05, 4.69) is 44.4 Å². The fraction of sp³-hybridized carbons (Fsp3) is 0.462. The number of nitrogens with one attached hydrogen (secondary N) is 1. The summed E-state index contributed by atoms with van der Waals surface area (Å²) in [5, 5.41) is 3.49. The van der Waals surface area contributed by atoms with Crippen molar-refractivity contribution >= 4 is 15.9 Å². The summed E-state index contributed by atoms with van der Waals surface area (Å²) < 4.78 is 1.05. The maximum atomic E-state index is 4.14. The lowest BCUT2D eigenvalue weighted by molar-refractivity contribution is 0.690. The zero-order chi connectivity index (χ0) is 11.2. The van der Waals surface area contributed by atoms with Gasteiger partial charge in [0.25, 0.3) is 0 Å². The third-order valence-corrected chi connectivity index (χ3v) is 3.04. The average molecular weight is 281 g/mol. The molecule has 0 atom stereocenters. The van der Waals surface area contributed by atoms with Gasteiger partial charge in [-0.3, -0.25) is 4.98 Å². The fourth-order valence-electron chi connectivity index (χ4n) is 1.56. The molecule has 1 N–H and O–H groups in total. The van der Waals surface area contributed by atoms with Gasteiger partial charge in [0.1, 0.15) is 0 Å². The number of pyridine rings is 1. The Morgan fingerprint density at radius 2 is 2.25 bits per heavy atom. The highest BCUT2D eigenvalue weighted by Crippen LogP contribution is 2.18. The van der Waals surface area contributed by atoms with Crippen molar-refractivity contribution in [2.75, 3.05) is 6.54 Å². The summed E-state index contributed by atoms with van der Waals surface area (Å²) >= 11 is 3.42. The van der Waals surface area contributed by atoms with Crippen molar-refractivity contribution in [1.82, 2.24) is 10.3 Å². The minimum atomic E-state index is 0.822. The zero-order valence-corrected chi connectivity index (χ0v) is 10.9. The van der Waals surface area contributed by atoms with Crippen LogP contribution in [0, 0.1) is 0 Å². The largest absolute Gasteiger partial charge is 0.314 e. The molecule has 1 aliphatic rings. The first kappa shape index (κ1) is 11.8. The minimum absolute atomic E-state index is 0.822. The molecule has 1 saturated carbocycles. The Labute approximate surface area is 105 Å². The van der Waals surface area contributed by atoms with Gasteiger partial charge in [0, 0.05) is 22.9 Å². The summed E-state index contributed by atoms with van der Waals surface area (Å²) in [4.78, 5) is 4.14. The Morgan fingerprint density at radius 1 is 1.38 bits per heavy atom. The summed E-state index contributed by atoms with van der Waals surface area (Å²) in [5.74, 6) is 0. The normalized spacial score (nSPS) is 15.8. The predicted molar refractivity (Wildman–Crippen MR) is 70.4 cm³/mol. The Kier molecular flexibility index (Phi) is 4.55. The summed E-state index contributed by atoms with van der Waals surface area (Å²) in [6, 6.07) is 2.93. The lowest BCUT2D eigenvalue weighted by Gasteiger charge is -1.98. The van der Waals surface area contributed by atoms with Crippen LogP contribution >= 0.6 is 15.9 Å². The first-order valence-corrected chi connectivity index (χ1v) is 6.62. The molecular formula is C13H17BrN2. The fourth-order valence-corrected chi connectivity index (χ4v) is 1.98. The molecule has 2 nitrogen and oxygen atoms in total. The lowest BCUT2D eigenvalue weighted by Crippen LogP contribution is -2.16. The Balaban J connectivity index is 1.63. The molecule has 3 heteroatoms. The molecule has 16 heavy (non-hydrogen) atoms. The molecular weight excluding hydrogens is 264 g/mol. The van der Waals surface area contributed by atoms with E-state index in [0.717, 1.165) is 29.9 Å². The van der Waals surface area contributed by atoms with Crippen LogP contribution in [-0.4, -0.2) is 17.6 Å². The van der Waals surface area contributed by atoms with Crippen molar-refractivity contribution in [2.45, 2.75) is 31.7 Å². The van der Waals surface area contributed by atoms with Gasteiger partial charge in [-0.1, -0.05) is 12.2 Å². The standard InChI is InChI=1S/C13H17BrN2/c14-12-8-11(9-15-10-12)4-2-1-3-7-16-13-5-6-13/h1-2,8-10,13,16H,3-7H2/b2-1+. The van der Waals surface area contributed by atoms with E-state index in [1.165, 1.54) is 18.4 Å². The Morgan fingerprint density at radius 3 is 3.00 bits per heavy atom. The van der Waals surface area contributed by atoms with Crippen LogP contribution in [0.2, 0.25) is 0 Å². The van der Waals surface area contributed by atoms with Gasteiger partial charge in [-0.2, -0.15) is 0 Å². The number of rotatable bonds is 6. The number of hydrogen-bond acceptors (Lipinski definition) is 2. The van der Waals surface area contributed by atoms with Crippen LogP contribution in [0.5, 0.6) is 0 Å². The molecule has 1 aromatic rings. The summed E-state index contributed by atoms with van der Waals surface area (Å²) in [7, 11) is 0. The van der Waals surface area contributed by atoms with Gasteiger partial charge >= 0.3 is 0 Å². The Hall–Kier alpha value is -0.670. The van der Waals surface area contributed by atoms with E-state index in [1.807, 2.05) is 12.4 Å². The highest BCUT2D eigenvalue weighted by Gasteiger charge is 2.19. The second-order valence-electron chi connectivity index (χ2n) is 4.20. The molecule has 0 unspecified atom stereocenters. The van der Waals surface area contributed by atoms with Crippen LogP contribution in [-0.2, 0) is 6.42 Å². The van der Waals surface area contributed by atoms with Gasteiger partial charge < -0.3 is 5.32 Å². The smallest absolute Gasteiger partial charge is 0.0410 e. The molecule has 0 saturated heterocycles. The van der Waals surface area contributed by atoms with Gasteiger partial charge in [0.15, 0.2) is 0 Å². The highest BCUT2D eigenvalue weighted by molar-refractivity contribution is 9.10. The summed E-state index contributed by atoms with van der Waals surface area (Å²) in [6.07, 6.45) is 13.0. The van der Waals surface area contributed by atoms with Crippen molar-refractivity contribution in [3.8, 4) is 0 Å². The summed E-state index contributed by atoms with van der Waals surface area (Å²) in [5.41, 5.74) is 1.25. The van der Waals surface area contributed by atoms with E-state index in [1.54, 1.807) is 0 Å². The maximum absolute atomic E-state index is 4.14. The van der Waals surface area contributed by atoms with E-state index in [9.17, 15) is 0 Å². The molecule has 2 rings (SSSR count). The number of aromatic nitrogens is 1. The van der Waals surface area contributed by atoms with Gasteiger partial charge in [-0.15, -0.1) is 0 Å². The molecule has 0 aliphatic heterocycles. The third-order valence-electron chi connectivity index (χ3n) is 2.60. The molecule has 86 valence electrons. The first-order chi connectivity index (χ1) is 7.84. The zero-order valence-electron chi connectivity index (χ0n) is 9.32. The predicted octanol–water partition coefficient (Wildman–Crippen LogP) is 3.08. The van der Waals surface area contributed by atoms with E-state index in [-0.39, 0.29) is 0 Å². The van der Waals surface area contributed by atoms with E-state index in [0.29, 0.717) is 0 Å². The van der Waals surface area contributed by atoms with Crippen molar-refractivity contribution in [3.05, 3.63) is 40.6 Å². The van der Waals surface area contributed by atoms with Gasteiger partial charge in [0.2, 0.25) is 0 Å². The molecule has 0 radical (unpaired) electrons. The number of allylic oxidation sites excluding steroid dienone is 1. The van der Waals surface area contributed by atoms with Crippen LogP contribution in [0.4, 0.5) is 0 Å². The molecule has 1 aliphatic carbocycles. The highest BCUT2D eigenvalue weighted by atomic mass is 79.9. The van der Waals surface area contributed by atoms with Crippen LogP contribution in [0.25, 0.3) is 0 Å². The number of hydrogen-bond donors (Lipinski definition) is 1. The molecule has 1 aromatic heterocycles. The van der Waals surface area contributed by atoms with Crippen LogP contribution in [0.15, 0.2) is 35.1 Å². The second-order valence-corrected chi connectivity index (χ2v) is 5.12. The molecule has 0 aromatic carbocycles. The topological polar surface area (TPSA) is 24.9 Å². The Bertz CT molecular complexity index is 359. The van der Waals surface area contributed by atoms with Crippen LogP contribution < -0.4 is 5.32 Å². The quantitative estimate of drug-likeness (QED) is 0.640. The van der Waals surface area contributed by atoms with Crippen LogP contribution in [0.1, 0.15) is 24.8 Å². The molecule has 1 heterocycles.